The Balaban J connectivity index is 2.18. The first kappa shape index (κ1) is 13.5. The van der Waals surface area contributed by atoms with Crippen LogP contribution >= 0.6 is 0 Å². The van der Waals surface area contributed by atoms with Crippen LogP contribution in [0.2, 0.25) is 0 Å². The minimum atomic E-state index is 0.196. The van der Waals surface area contributed by atoms with Gasteiger partial charge in [-0.3, -0.25) is 4.79 Å². The Kier molecular flexibility index (Phi) is 5.77. The molecule has 0 spiro atoms. The first-order valence-corrected chi connectivity index (χ1v) is 6.26. The van der Waals surface area contributed by atoms with Gasteiger partial charge in [0, 0.05) is 38.8 Å². The zero-order valence-corrected chi connectivity index (χ0v) is 10.4. The van der Waals surface area contributed by atoms with Crippen LogP contribution in [-0.4, -0.2) is 43.2 Å². The summed E-state index contributed by atoms with van der Waals surface area (Å²) in [6.45, 7) is 7.12. The largest absolute Gasteiger partial charge is 0.382 e. The molecule has 1 aliphatic rings. The van der Waals surface area contributed by atoms with Gasteiger partial charge in [0.1, 0.15) is 0 Å². The van der Waals surface area contributed by atoms with Crippen molar-refractivity contribution in [1.82, 2.24) is 4.90 Å². The maximum Gasteiger partial charge on any atom is 0.222 e. The normalized spacial score (nSPS) is 22.4. The van der Waals surface area contributed by atoms with E-state index in [2.05, 4.69) is 0 Å². The van der Waals surface area contributed by atoms with Crippen molar-refractivity contribution < 1.29 is 9.53 Å². The number of likely N-dealkylation sites (tertiary alicyclic amines) is 1. The number of carbonyl (C=O) groups excluding carboxylic acids is 1. The Morgan fingerprint density at radius 1 is 1.62 bits per heavy atom. The lowest BCUT2D eigenvalue weighted by molar-refractivity contribution is -0.130. The van der Waals surface area contributed by atoms with Gasteiger partial charge in [0.15, 0.2) is 0 Å². The number of ether oxygens (including phenoxy) is 1. The van der Waals surface area contributed by atoms with E-state index in [0.29, 0.717) is 18.9 Å². The van der Waals surface area contributed by atoms with E-state index in [9.17, 15) is 4.79 Å². The highest BCUT2D eigenvalue weighted by Gasteiger charge is 2.27. The number of carbonyl (C=O) groups is 1. The zero-order chi connectivity index (χ0) is 12.0. The minimum Gasteiger partial charge on any atom is -0.382 e. The van der Waals surface area contributed by atoms with Crippen LogP contribution in [0.15, 0.2) is 0 Å². The molecular weight excluding hydrogens is 204 g/mol. The van der Waals surface area contributed by atoms with Crippen LogP contribution in [-0.2, 0) is 9.53 Å². The quantitative estimate of drug-likeness (QED) is 0.690. The van der Waals surface area contributed by atoms with Crippen molar-refractivity contribution in [2.75, 3.05) is 26.3 Å². The van der Waals surface area contributed by atoms with Crippen molar-refractivity contribution in [3.8, 4) is 0 Å². The van der Waals surface area contributed by atoms with Gasteiger partial charge in [-0.25, -0.2) is 0 Å². The van der Waals surface area contributed by atoms with Gasteiger partial charge < -0.3 is 15.4 Å². The summed E-state index contributed by atoms with van der Waals surface area (Å²) in [5, 5.41) is 0. The second-order valence-corrected chi connectivity index (χ2v) is 4.55. The van der Waals surface area contributed by atoms with E-state index in [-0.39, 0.29) is 11.9 Å². The third-order valence-electron chi connectivity index (χ3n) is 3.20. The number of nitrogens with two attached hydrogens (primary N) is 1. The van der Waals surface area contributed by atoms with Gasteiger partial charge in [-0.15, -0.1) is 0 Å². The molecule has 0 aromatic carbocycles. The lowest BCUT2D eigenvalue weighted by Gasteiger charge is -2.18. The monoisotopic (exact) mass is 228 g/mol. The van der Waals surface area contributed by atoms with Gasteiger partial charge >= 0.3 is 0 Å². The molecule has 2 N–H and O–H groups in total. The van der Waals surface area contributed by atoms with Gasteiger partial charge in [0.05, 0.1) is 0 Å². The molecule has 1 aliphatic heterocycles. The lowest BCUT2D eigenvalue weighted by atomic mass is 10.0. The molecule has 0 aliphatic carbocycles. The molecule has 0 bridgehead atoms. The standard InChI is InChI=1S/C12H24N2O2/c1-3-16-8-4-5-12(15)14-7-6-11(9-14)10(2)13/h10-11H,3-9,13H2,1-2H3. The van der Waals surface area contributed by atoms with Crippen LogP contribution in [0.3, 0.4) is 0 Å². The third-order valence-corrected chi connectivity index (χ3v) is 3.20. The van der Waals surface area contributed by atoms with Crippen molar-refractivity contribution in [1.29, 1.82) is 0 Å². The summed E-state index contributed by atoms with van der Waals surface area (Å²) >= 11 is 0. The molecule has 0 radical (unpaired) electrons. The number of hydrogen-bond donors (Lipinski definition) is 1. The molecule has 1 fully saturated rings. The van der Waals surface area contributed by atoms with E-state index in [0.717, 1.165) is 32.5 Å². The summed E-state index contributed by atoms with van der Waals surface area (Å²) in [5.74, 6) is 0.735. The van der Waals surface area contributed by atoms with Crippen molar-refractivity contribution in [2.45, 2.75) is 39.2 Å². The summed E-state index contributed by atoms with van der Waals surface area (Å²) in [5.41, 5.74) is 5.84. The second-order valence-electron chi connectivity index (χ2n) is 4.55. The maximum atomic E-state index is 11.8. The van der Waals surface area contributed by atoms with Gasteiger partial charge in [-0.1, -0.05) is 0 Å². The Bertz CT molecular complexity index is 219. The van der Waals surface area contributed by atoms with E-state index in [1.165, 1.54) is 0 Å². The van der Waals surface area contributed by atoms with E-state index in [4.69, 9.17) is 10.5 Å². The highest BCUT2D eigenvalue weighted by Crippen LogP contribution is 2.19. The molecule has 1 saturated heterocycles. The highest BCUT2D eigenvalue weighted by atomic mass is 16.5. The number of amides is 1. The molecule has 1 rings (SSSR count). The number of hydrogen-bond acceptors (Lipinski definition) is 3. The fraction of sp³-hybridized carbons (Fsp3) is 0.917. The minimum absolute atomic E-state index is 0.196. The molecule has 0 aromatic heterocycles. The van der Waals surface area contributed by atoms with Crippen LogP contribution in [0.25, 0.3) is 0 Å². The molecule has 94 valence electrons. The van der Waals surface area contributed by atoms with Crippen molar-refractivity contribution in [3.05, 3.63) is 0 Å². The van der Waals surface area contributed by atoms with Crippen LogP contribution in [0, 0.1) is 5.92 Å². The molecule has 4 heteroatoms. The average Bonchev–Trinajstić information content (AvgIpc) is 2.73. The Labute approximate surface area is 98.1 Å². The highest BCUT2D eigenvalue weighted by molar-refractivity contribution is 5.76. The second kappa shape index (κ2) is 6.86. The molecule has 16 heavy (non-hydrogen) atoms. The predicted molar refractivity (Wildman–Crippen MR) is 64.1 cm³/mol. The zero-order valence-electron chi connectivity index (χ0n) is 10.4. The van der Waals surface area contributed by atoms with E-state index in [1.54, 1.807) is 0 Å². The first-order chi connectivity index (χ1) is 7.65. The Morgan fingerprint density at radius 2 is 2.38 bits per heavy atom. The fourth-order valence-electron chi connectivity index (χ4n) is 2.07. The van der Waals surface area contributed by atoms with Gasteiger partial charge in [0.2, 0.25) is 5.91 Å². The summed E-state index contributed by atoms with van der Waals surface area (Å²) < 4.78 is 5.22. The smallest absolute Gasteiger partial charge is 0.222 e. The molecule has 2 atom stereocenters. The molecule has 0 aromatic rings. The number of nitrogens with zero attached hydrogens (tertiary/aromatic N) is 1. The topological polar surface area (TPSA) is 55.6 Å². The lowest BCUT2D eigenvalue weighted by Crippen LogP contribution is -2.32. The van der Waals surface area contributed by atoms with Crippen LogP contribution in [0.4, 0.5) is 0 Å². The summed E-state index contributed by atoms with van der Waals surface area (Å²) in [7, 11) is 0. The molecule has 1 heterocycles. The van der Waals surface area contributed by atoms with Crippen molar-refractivity contribution in [3.63, 3.8) is 0 Å². The van der Waals surface area contributed by atoms with Gasteiger partial charge in [-0.2, -0.15) is 0 Å². The predicted octanol–water partition coefficient (Wildman–Crippen LogP) is 0.999. The van der Waals surface area contributed by atoms with Crippen molar-refractivity contribution in [2.24, 2.45) is 11.7 Å². The third kappa shape index (κ3) is 4.10. The Morgan fingerprint density at radius 3 is 2.94 bits per heavy atom. The molecular formula is C12H24N2O2. The van der Waals surface area contributed by atoms with Crippen molar-refractivity contribution >= 4 is 5.91 Å². The fourth-order valence-corrected chi connectivity index (χ4v) is 2.07. The average molecular weight is 228 g/mol. The maximum absolute atomic E-state index is 11.8. The van der Waals surface area contributed by atoms with E-state index in [1.807, 2.05) is 18.7 Å². The molecule has 2 unspecified atom stereocenters. The van der Waals surface area contributed by atoms with E-state index >= 15 is 0 Å². The summed E-state index contributed by atoms with van der Waals surface area (Å²) in [6.07, 6.45) is 2.48. The SMILES string of the molecule is CCOCCCC(=O)N1CCC(C(C)N)C1. The van der Waals surface area contributed by atoms with Crippen LogP contribution < -0.4 is 5.73 Å². The summed E-state index contributed by atoms with van der Waals surface area (Å²) in [6, 6.07) is 0.196. The van der Waals surface area contributed by atoms with Crippen LogP contribution in [0.5, 0.6) is 0 Å². The molecule has 1 amide bonds. The van der Waals surface area contributed by atoms with Gasteiger partial charge in [0.25, 0.3) is 0 Å². The molecule has 0 saturated carbocycles. The number of rotatable bonds is 6. The first-order valence-electron chi connectivity index (χ1n) is 6.26. The summed E-state index contributed by atoms with van der Waals surface area (Å²) in [4.78, 5) is 13.8. The molecule has 4 nitrogen and oxygen atoms in total. The van der Waals surface area contributed by atoms with E-state index < -0.39 is 0 Å². The Hall–Kier alpha value is -0.610. The van der Waals surface area contributed by atoms with Gasteiger partial charge in [-0.05, 0) is 32.6 Å². The van der Waals surface area contributed by atoms with Crippen LogP contribution in [0.1, 0.15) is 33.1 Å².